The number of nitrogens with one attached hydrogen (secondary N) is 1. The Kier molecular flexibility index (Phi) is 6.62. The minimum absolute atomic E-state index is 0.169. The summed E-state index contributed by atoms with van der Waals surface area (Å²) in [5, 5.41) is 3.77. The molecule has 3 N–H and O–H groups in total. The number of carbonyl (C=O) groups excluding carboxylic acids is 1. The van der Waals surface area contributed by atoms with E-state index in [1.807, 2.05) is 30.3 Å². The summed E-state index contributed by atoms with van der Waals surface area (Å²) < 4.78 is 1.48. The van der Waals surface area contributed by atoms with Gasteiger partial charge in [-0.2, -0.15) is 0 Å². The predicted molar refractivity (Wildman–Crippen MR) is 127 cm³/mol. The summed E-state index contributed by atoms with van der Waals surface area (Å²) in [5.74, 6) is -0.169. The molecule has 29 heavy (non-hydrogen) atoms. The second kappa shape index (κ2) is 8.99. The van der Waals surface area contributed by atoms with Crippen molar-refractivity contribution in [3.8, 4) is 0 Å². The van der Waals surface area contributed by atoms with Crippen LogP contribution in [-0.2, 0) is 11.2 Å². The van der Waals surface area contributed by atoms with Crippen molar-refractivity contribution in [3.63, 3.8) is 0 Å². The van der Waals surface area contributed by atoms with Crippen LogP contribution in [0, 0.1) is 0 Å². The maximum atomic E-state index is 12.3. The molecule has 1 aromatic heterocycles. The van der Waals surface area contributed by atoms with E-state index in [-0.39, 0.29) is 5.91 Å². The molecular formula is C24H29N3OSn. The number of nitrogen functional groups attached to an aromatic ring is 1. The summed E-state index contributed by atoms with van der Waals surface area (Å²) in [6, 6.07) is 16.1. The van der Waals surface area contributed by atoms with Crippen molar-refractivity contribution in [1.29, 1.82) is 0 Å². The van der Waals surface area contributed by atoms with Crippen molar-refractivity contribution in [3.05, 3.63) is 65.9 Å². The molecule has 0 atom stereocenters. The monoisotopic (exact) mass is 495 g/mol. The first kappa shape index (κ1) is 21.4. The molecule has 0 saturated carbocycles. The molecule has 0 spiro atoms. The number of amides is 1. The van der Waals surface area contributed by atoms with Crippen LogP contribution in [0.1, 0.15) is 24.6 Å². The van der Waals surface area contributed by atoms with Gasteiger partial charge in [-0.05, 0) is 12.5 Å². The number of hydrogen-bond donors (Lipinski definition) is 2. The van der Waals surface area contributed by atoms with E-state index in [1.165, 1.54) is 3.58 Å². The Morgan fingerprint density at radius 1 is 1.10 bits per heavy atom. The van der Waals surface area contributed by atoms with Crippen molar-refractivity contribution in [2.75, 3.05) is 11.1 Å². The van der Waals surface area contributed by atoms with Gasteiger partial charge in [-0.1, -0.05) is 13.3 Å². The molecule has 0 aliphatic heterocycles. The Hall–Kier alpha value is -2.34. The Balaban J connectivity index is 1.71. The molecule has 3 rings (SSSR count). The molecule has 1 heterocycles. The van der Waals surface area contributed by atoms with Crippen molar-refractivity contribution in [2.24, 2.45) is 0 Å². The van der Waals surface area contributed by atoms with E-state index in [4.69, 9.17) is 5.73 Å². The molecule has 0 aliphatic carbocycles. The fourth-order valence-electron chi connectivity index (χ4n) is 3.22. The van der Waals surface area contributed by atoms with Crippen molar-refractivity contribution < 1.29 is 4.79 Å². The number of nitrogens with two attached hydrogens (primary N) is 1. The Morgan fingerprint density at radius 2 is 1.83 bits per heavy atom. The van der Waals surface area contributed by atoms with E-state index in [1.54, 1.807) is 6.08 Å². The van der Waals surface area contributed by atoms with Crippen molar-refractivity contribution in [2.45, 2.75) is 34.6 Å². The Bertz CT molecular complexity index is 1050. The maximum absolute atomic E-state index is 12.3. The van der Waals surface area contributed by atoms with Crippen LogP contribution in [-0.4, -0.2) is 29.3 Å². The fourth-order valence-corrected chi connectivity index (χ4v) is 6.55. The third-order valence-corrected chi connectivity index (χ3v) is 10.8. The molecule has 0 fully saturated rings. The Morgan fingerprint density at radius 3 is 2.48 bits per heavy atom. The van der Waals surface area contributed by atoms with Gasteiger partial charge in [0.1, 0.15) is 0 Å². The topological polar surface area (TPSA) is 68.0 Å². The number of benzene rings is 2. The normalized spacial score (nSPS) is 11.9. The zero-order valence-corrected chi connectivity index (χ0v) is 20.5. The van der Waals surface area contributed by atoms with Crippen LogP contribution in [0.25, 0.3) is 17.0 Å². The molecule has 0 saturated heterocycles. The van der Waals surface area contributed by atoms with Gasteiger partial charge in [0.15, 0.2) is 0 Å². The van der Waals surface area contributed by atoms with Gasteiger partial charge in [-0.25, -0.2) is 0 Å². The first-order valence-electron chi connectivity index (χ1n) is 10.0. The number of carbonyl (C=O) groups is 1. The summed E-state index contributed by atoms with van der Waals surface area (Å²) in [6.07, 6.45) is 5.33. The minimum Gasteiger partial charge on any atom is -0.253 e. The molecule has 1 amide bonds. The molecule has 150 valence electrons. The number of aryl methyl sites for hydroxylation is 1. The molecule has 0 radical (unpaired) electrons. The van der Waals surface area contributed by atoms with Gasteiger partial charge >= 0.3 is 135 Å². The summed E-state index contributed by atoms with van der Waals surface area (Å²) in [6.45, 7) is 2.12. The predicted octanol–water partition coefficient (Wildman–Crippen LogP) is 4.97. The van der Waals surface area contributed by atoms with E-state index in [0.29, 0.717) is 11.4 Å². The second-order valence-electron chi connectivity index (χ2n) is 8.38. The number of fused-ring (bicyclic) bond motifs is 1. The first-order chi connectivity index (χ1) is 13.8. The average Bonchev–Trinajstić information content (AvgIpc) is 2.67. The molecule has 5 heteroatoms. The van der Waals surface area contributed by atoms with Crippen LogP contribution in [0.4, 0.5) is 11.4 Å². The first-order valence-corrected chi connectivity index (χ1v) is 20.0. The molecule has 4 nitrogen and oxygen atoms in total. The van der Waals surface area contributed by atoms with Crippen molar-refractivity contribution in [1.82, 2.24) is 4.98 Å². The number of anilines is 2. The fraction of sp³-hybridized carbons (Fsp3) is 0.250. The molecule has 0 bridgehead atoms. The number of pyridine rings is 1. The van der Waals surface area contributed by atoms with Crippen LogP contribution >= 0.6 is 0 Å². The Labute approximate surface area is 177 Å². The summed E-state index contributed by atoms with van der Waals surface area (Å²) >= 11 is -2.03. The SMILES string of the molecule is CCCc1cc(N)c2cc(NC(=O)/C=C/c3cc[c]([Sn]([CH3])([CH3])[CH3])cc3)ccc2n1. The molecule has 2 aromatic carbocycles. The summed E-state index contributed by atoms with van der Waals surface area (Å²) in [7, 11) is 0. The molecule has 0 aliphatic rings. The summed E-state index contributed by atoms with van der Waals surface area (Å²) in [4.78, 5) is 24.2. The van der Waals surface area contributed by atoms with Gasteiger partial charge < -0.3 is 5.73 Å². The quantitative estimate of drug-likeness (QED) is 0.376. The van der Waals surface area contributed by atoms with E-state index >= 15 is 0 Å². The van der Waals surface area contributed by atoms with Crippen LogP contribution in [0.5, 0.6) is 0 Å². The third kappa shape index (κ3) is 5.60. The van der Waals surface area contributed by atoms with E-state index < -0.39 is 18.4 Å². The van der Waals surface area contributed by atoms with Gasteiger partial charge in [-0.15, -0.1) is 0 Å². The van der Waals surface area contributed by atoms with Gasteiger partial charge in [-0.3, -0.25) is 4.98 Å². The third-order valence-electron chi connectivity index (χ3n) is 4.87. The van der Waals surface area contributed by atoms with Crippen LogP contribution in [0.2, 0.25) is 14.8 Å². The van der Waals surface area contributed by atoms with Crippen LogP contribution in [0.15, 0.2) is 54.6 Å². The zero-order chi connectivity index (χ0) is 21.0. The van der Waals surface area contributed by atoms with Crippen LogP contribution < -0.4 is 14.6 Å². The second-order valence-corrected chi connectivity index (χ2v) is 22.9. The molecular weight excluding hydrogens is 465 g/mol. The molecule has 3 aromatic rings. The smallest absolute Gasteiger partial charge is 0.253 e. The van der Waals surface area contributed by atoms with Crippen LogP contribution in [0.3, 0.4) is 0 Å². The van der Waals surface area contributed by atoms with Gasteiger partial charge in [0, 0.05) is 5.69 Å². The zero-order valence-electron chi connectivity index (χ0n) is 17.6. The standard InChI is InChI=1S/C21H20N3O.3CH3.Sn/c1-2-6-16-14-19(22)18-13-17(10-11-20(18)23-16)24-21(25)12-9-15-7-4-3-5-8-15;;;;/h4-5,7-14H,2,6H2,1H3,(H2,22,23)(H,24,25);3*1H3;/b12-9+;;;;. The number of aromatic nitrogens is 1. The van der Waals surface area contributed by atoms with Gasteiger partial charge in [0.25, 0.3) is 0 Å². The number of nitrogens with zero attached hydrogens (tertiary/aromatic N) is 1. The molecule has 0 unspecified atom stereocenters. The van der Waals surface area contributed by atoms with Crippen molar-refractivity contribution >= 4 is 56.2 Å². The van der Waals surface area contributed by atoms with E-state index in [0.717, 1.165) is 35.0 Å². The van der Waals surface area contributed by atoms with E-state index in [2.05, 4.69) is 56.3 Å². The van der Waals surface area contributed by atoms with Gasteiger partial charge in [0.2, 0.25) is 0 Å². The number of hydrogen-bond acceptors (Lipinski definition) is 3. The average molecular weight is 494 g/mol. The number of rotatable bonds is 6. The minimum atomic E-state index is -2.03. The van der Waals surface area contributed by atoms with E-state index in [9.17, 15) is 4.79 Å². The summed E-state index contributed by atoms with van der Waals surface area (Å²) in [5.41, 5.74) is 10.5. The van der Waals surface area contributed by atoms with Gasteiger partial charge in [0.05, 0.1) is 0 Å².